The molecule has 21 heavy (non-hydrogen) atoms. The maximum Gasteiger partial charge on any atom is 0.262 e. The Morgan fingerprint density at radius 3 is 2.38 bits per heavy atom. The van der Waals surface area contributed by atoms with Gasteiger partial charge in [0, 0.05) is 12.2 Å². The van der Waals surface area contributed by atoms with E-state index in [1.807, 2.05) is 18.2 Å². The first-order valence-electron chi connectivity index (χ1n) is 6.43. The Hall–Kier alpha value is -2.84. The van der Waals surface area contributed by atoms with Crippen molar-refractivity contribution in [3.8, 4) is 11.8 Å². The second kappa shape index (κ2) is 7.08. The molecule has 2 rings (SSSR count). The van der Waals surface area contributed by atoms with Crippen LogP contribution in [0.2, 0.25) is 0 Å². The molecule has 0 saturated carbocycles. The van der Waals surface area contributed by atoms with E-state index < -0.39 is 0 Å². The molecule has 0 fully saturated rings. The number of amides is 1. The molecule has 2 aromatic carbocycles. The number of benzene rings is 2. The molecule has 0 saturated heterocycles. The van der Waals surface area contributed by atoms with Crippen LogP contribution >= 0.6 is 0 Å². The molecule has 0 aliphatic rings. The lowest BCUT2D eigenvalue weighted by Crippen LogP contribution is -2.20. The van der Waals surface area contributed by atoms with Gasteiger partial charge in [-0.25, -0.2) is 0 Å². The second-order valence-corrected chi connectivity index (χ2v) is 4.37. The topological polar surface area (TPSA) is 88.1 Å². The molecule has 0 heterocycles. The lowest BCUT2D eigenvalue weighted by molar-refractivity contribution is -0.118. The lowest BCUT2D eigenvalue weighted by atomic mass is 10.2. The van der Waals surface area contributed by atoms with E-state index in [-0.39, 0.29) is 12.5 Å². The highest BCUT2D eigenvalue weighted by Gasteiger charge is 2.04. The van der Waals surface area contributed by atoms with Crippen LogP contribution < -0.4 is 15.8 Å². The minimum Gasteiger partial charge on any atom is -0.484 e. The summed E-state index contributed by atoms with van der Waals surface area (Å²) >= 11 is 0. The number of carbonyl (C=O) groups excluding carboxylic acids is 1. The van der Waals surface area contributed by atoms with E-state index in [4.69, 9.17) is 15.7 Å². The monoisotopic (exact) mass is 281 g/mol. The van der Waals surface area contributed by atoms with Gasteiger partial charge in [-0.15, -0.1) is 0 Å². The zero-order valence-electron chi connectivity index (χ0n) is 11.4. The zero-order valence-corrected chi connectivity index (χ0v) is 11.4. The van der Waals surface area contributed by atoms with E-state index in [9.17, 15) is 4.79 Å². The van der Waals surface area contributed by atoms with Crippen LogP contribution in [0.1, 0.15) is 11.1 Å². The largest absolute Gasteiger partial charge is 0.484 e. The van der Waals surface area contributed by atoms with Crippen molar-refractivity contribution in [2.24, 2.45) is 5.73 Å². The number of ether oxygens (including phenoxy) is 1. The highest BCUT2D eigenvalue weighted by atomic mass is 16.5. The third-order valence-electron chi connectivity index (χ3n) is 2.83. The molecule has 106 valence electrons. The Kier molecular flexibility index (Phi) is 4.91. The van der Waals surface area contributed by atoms with Crippen LogP contribution in [-0.4, -0.2) is 12.5 Å². The Morgan fingerprint density at radius 2 is 1.81 bits per heavy atom. The Bertz CT molecular complexity index is 643. The smallest absolute Gasteiger partial charge is 0.262 e. The summed E-state index contributed by atoms with van der Waals surface area (Å²) in [5.74, 6) is 0.352. The summed E-state index contributed by atoms with van der Waals surface area (Å²) in [5, 5.41) is 11.4. The van der Waals surface area contributed by atoms with E-state index in [0.29, 0.717) is 23.5 Å². The normalized spacial score (nSPS) is 9.71. The number of hydrogen-bond acceptors (Lipinski definition) is 4. The van der Waals surface area contributed by atoms with Crippen LogP contribution in [-0.2, 0) is 11.3 Å². The zero-order chi connectivity index (χ0) is 15.1. The molecule has 0 aliphatic carbocycles. The number of nitrogens with two attached hydrogens (primary N) is 1. The minimum absolute atomic E-state index is 0.0814. The quantitative estimate of drug-likeness (QED) is 0.877. The molecule has 0 radical (unpaired) electrons. The van der Waals surface area contributed by atoms with Gasteiger partial charge in [-0.1, -0.05) is 12.1 Å². The molecule has 0 unspecified atom stereocenters. The van der Waals surface area contributed by atoms with Crippen molar-refractivity contribution < 1.29 is 9.53 Å². The van der Waals surface area contributed by atoms with Gasteiger partial charge in [-0.2, -0.15) is 5.26 Å². The van der Waals surface area contributed by atoms with Gasteiger partial charge in [0.1, 0.15) is 5.75 Å². The van der Waals surface area contributed by atoms with Crippen molar-refractivity contribution in [1.82, 2.24) is 0 Å². The van der Waals surface area contributed by atoms with E-state index in [1.54, 1.807) is 36.4 Å². The van der Waals surface area contributed by atoms with Crippen molar-refractivity contribution in [3.05, 3.63) is 59.7 Å². The summed E-state index contributed by atoms with van der Waals surface area (Å²) in [4.78, 5) is 11.7. The Labute approximate surface area is 123 Å². The standard InChI is InChI=1S/C16H15N3O2/c17-9-12-1-5-14(6-2-12)19-16(20)11-21-15-7-3-13(10-18)4-8-15/h1-8H,10-11,18H2,(H,19,20). The van der Waals surface area contributed by atoms with Crippen molar-refractivity contribution in [1.29, 1.82) is 5.26 Å². The summed E-state index contributed by atoms with van der Waals surface area (Å²) in [6.45, 7) is 0.390. The molecule has 0 spiro atoms. The van der Waals surface area contributed by atoms with Crippen molar-refractivity contribution in [2.75, 3.05) is 11.9 Å². The van der Waals surface area contributed by atoms with Gasteiger partial charge in [0.15, 0.2) is 6.61 Å². The summed E-state index contributed by atoms with van der Waals surface area (Å²) in [6, 6.07) is 15.9. The first-order valence-corrected chi connectivity index (χ1v) is 6.43. The lowest BCUT2D eigenvalue weighted by Gasteiger charge is -2.08. The summed E-state index contributed by atoms with van der Waals surface area (Å²) < 4.78 is 5.38. The van der Waals surface area contributed by atoms with E-state index in [0.717, 1.165) is 5.56 Å². The predicted molar refractivity (Wildman–Crippen MR) is 79.6 cm³/mol. The maximum absolute atomic E-state index is 11.7. The summed E-state index contributed by atoms with van der Waals surface area (Å²) in [6.07, 6.45) is 0. The highest BCUT2D eigenvalue weighted by molar-refractivity contribution is 5.91. The number of anilines is 1. The molecule has 5 heteroatoms. The predicted octanol–water partition coefficient (Wildman–Crippen LogP) is 2.03. The van der Waals surface area contributed by atoms with Crippen LogP contribution in [0.15, 0.2) is 48.5 Å². The number of carbonyl (C=O) groups is 1. The average Bonchev–Trinajstić information content (AvgIpc) is 2.54. The number of nitriles is 1. The minimum atomic E-state index is -0.261. The van der Waals surface area contributed by atoms with Gasteiger partial charge in [0.2, 0.25) is 0 Å². The van der Waals surface area contributed by atoms with E-state index in [1.165, 1.54) is 0 Å². The highest BCUT2D eigenvalue weighted by Crippen LogP contribution is 2.12. The fourth-order valence-electron chi connectivity index (χ4n) is 1.70. The van der Waals surface area contributed by atoms with Crippen LogP contribution in [0, 0.1) is 11.3 Å². The maximum atomic E-state index is 11.7. The fourth-order valence-corrected chi connectivity index (χ4v) is 1.70. The van der Waals surface area contributed by atoms with E-state index in [2.05, 4.69) is 5.32 Å². The van der Waals surface area contributed by atoms with Crippen LogP contribution in [0.4, 0.5) is 5.69 Å². The number of nitrogens with zero attached hydrogens (tertiary/aromatic N) is 1. The molecule has 5 nitrogen and oxygen atoms in total. The molecule has 0 aliphatic heterocycles. The molecule has 0 bridgehead atoms. The van der Waals surface area contributed by atoms with Crippen LogP contribution in [0.25, 0.3) is 0 Å². The molecule has 1 amide bonds. The van der Waals surface area contributed by atoms with Gasteiger partial charge in [-0.3, -0.25) is 4.79 Å². The summed E-state index contributed by atoms with van der Waals surface area (Å²) in [5.41, 5.74) is 7.68. The second-order valence-electron chi connectivity index (χ2n) is 4.37. The van der Waals surface area contributed by atoms with Gasteiger partial charge < -0.3 is 15.8 Å². The van der Waals surface area contributed by atoms with Gasteiger partial charge in [0.25, 0.3) is 5.91 Å². The van der Waals surface area contributed by atoms with E-state index >= 15 is 0 Å². The molecular weight excluding hydrogens is 266 g/mol. The Balaban J connectivity index is 1.85. The fraction of sp³-hybridized carbons (Fsp3) is 0.125. The van der Waals surface area contributed by atoms with Crippen LogP contribution in [0.5, 0.6) is 5.75 Å². The number of hydrogen-bond donors (Lipinski definition) is 2. The first kappa shape index (κ1) is 14.6. The third kappa shape index (κ3) is 4.34. The van der Waals surface area contributed by atoms with Gasteiger partial charge in [-0.05, 0) is 42.0 Å². The SMILES string of the molecule is N#Cc1ccc(NC(=O)COc2ccc(CN)cc2)cc1. The van der Waals surface area contributed by atoms with Crippen molar-refractivity contribution in [3.63, 3.8) is 0 Å². The average molecular weight is 281 g/mol. The summed E-state index contributed by atoms with van der Waals surface area (Å²) in [7, 11) is 0. The molecule has 0 aromatic heterocycles. The number of nitrogens with one attached hydrogen (secondary N) is 1. The van der Waals surface area contributed by atoms with Crippen LogP contribution in [0.3, 0.4) is 0 Å². The molecular formula is C16H15N3O2. The third-order valence-corrected chi connectivity index (χ3v) is 2.83. The van der Waals surface area contributed by atoms with Crippen molar-refractivity contribution >= 4 is 11.6 Å². The van der Waals surface area contributed by atoms with Gasteiger partial charge in [0.05, 0.1) is 11.6 Å². The Morgan fingerprint density at radius 1 is 1.14 bits per heavy atom. The molecule has 3 N–H and O–H groups in total. The molecule has 0 atom stereocenters. The van der Waals surface area contributed by atoms with Gasteiger partial charge >= 0.3 is 0 Å². The molecule has 2 aromatic rings. The van der Waals surface area contributed by atoms with Crippen molar-refractivity contribution in [2.45, 2.75) is 6.54 Å². The number of rotatable bonds is 5. The first-order chi connectivity index (χ1) is 10.2.